The summed E-state index contributed by atoms with van der Waals surface area (Å²) in [7, 11) is 2.45. The van der Waals surface area contributed by atoms with Crippen LogP contribution in [0.1, 0.15) is 59.8 Å². The average molecular weight is 403 g/mol. The maximum Gasteiger partial charge on any atom is 0.105 e. The van der Waals surface area contributed by atoms with Crippen LogP contribution >= 0.6 is 0 Å². The molecule has 1 saturated heterocycles. The molecule has 2 unspecified atom stereocenters. The lowest BCUT2D eigenvalue weighted by molar-refractivity contribution is -0.929. The van der Waals surface area contributed by atoms with Gasteiger partial charge >= 0.3 is 0 Å². The topological polar surface area (TPSA) is 0 Å². The Kier molecular flexibility index (Phi) is 6.98. The van der Waals surface area contributed by atoms with E-state index in [9.17, 15) is 0 Å². The number of allylic oxidation sites excluding steroid dienone is 3. The normalized spacial score (nSPS) is 29.6. The van der Waals surface area contributed by atoms with E-state index >= 15 is 0 Å². The van der Waals surface area contributed by atoms with Crippen LogP contribution in [0.2, 0.25) is 0 Å². The summed E-state index contributed by atoms with van der Waals surface area (Å²) in [5.41, 5.74) is 2.00. The first-order valence-corrected chi connectivity index (χ1v) is 8.54. The Labute approximate surface area is 149 Å². The number of hydrogen-bond acceptors (Lipinski definition) is 0. The molecule has 2 aliphatic rings. The number of likely N-dealkylation sites (N-methyl/N-ethyl adjacent to an activating group) is 1. The van der Waals surface area contributed by atoms with E-state index in [1.807, 2.05) is 0 Å². The summed E-state index contributed by atoms with van der Waals surface area (Å²) in [4.78, 5) is 0. The van der Waals surface area contributed by atoms with Crippen molar-refractivity contribution < 1.29 is 28.5 Å². The minimum atomic E-state index is 0. The number of piperidine rings is 1. The molecule has 122 valence electrons. The maximum absolute atomic E-state index is 2.52. The van der Waals surface area contributed by atoms with Gasteiger partial charge in [-0.05, 0) is 57.4 Å². The first kappa shape index (κ1) is 19.2. The molecular weight excluding hydrogens is 369 g/mol. The zero-order valence-corrected chi connectivity index (χ0v) is 16.8. The van der Waals surface area contributed by atoms with E-state index in [2.05, 4.69) is 53.0 Å². The van der Waals surface area contributed by atoms with Crippen LogP contribution in [0.4, 0.5) is 0 Å². The van der Waals surface area contributed by atoms with Gasteiger partial charge in [0.15, 0.2) is 0 Å². The number of rotatable bonds is 3. The summed E-state index contributed by atoms with van der Waals surface area (Å²) in [5.74, 6) is 0.634. The Balaban J connectivity index is 0.00000220. The highest BCUT2D eigenvalue weighted by atomic mass is 127. The highest BCUT2D eigenvalue weighted by molar-refractivity contribution is 5.19. The molecule has 2 atom stereocenters. The molecule has 1 aliphatic carbocycles. The fourth-order valence-corrected chi connectivity index (χ4v) is 4.10. The molecule has 0 amide bonds. The van der Waals surface area contributed by atoms with Crippen LogP contribution in [0.15, 0.2) is 23.8 Å². The van der Waals surface area contributed by atoms with Crippen LogP contribution in [0.5, 0.6) is 0 Å². The molecule has 1 heterocycles. The van der Waals surface area contributed by atoms with Crippen LogP contribution in [-0.4, -0.2) is 30.7 Å². The molecule has 0 saturated carbocycles. The summed E-state index contributed by atoms with van der Waals surface area (Å²) < 4.78 is 1.24. The highest BCUT2D eigenvalue weighted by Gasteiger charge is 2.33. The molecule has 0 radical (unpaired) electrons. The van der Waals surface area contributed by atoms with Gasteiger partial charge in [-0.25, -0.2) is 0 Å². The molecule has 0 bridgehead atoms. The number of nitrogens with zero attached hydrogens (tertiary/aromatic N) is 1. The Bertz CT molecular complexity index is 388. The van der Waals surface area contributed by atoms with Gasteiger partial charge in [0.25, 0.3) is 0 Å². The number of likely N-dealkylation sites (tertiary alicyclic amines) is 1. The first-order valence-electron chi connectivity index (χ1n) is 8.54. The second-order valence-corrected chi connectivity index (χ2v) is 8.07. The molecule has 1 nitrogen and oxygen atoms in total. The van der Waals surface area contributed by atoms with E-state index in [-0.39, 0.29) is 24.0 Å². The van der Waals surface area contributed by atoms with Crippen molar-refractivity contribution in [1.29, 1.82) is 0 Å². The van der Waals surface area contributed by atoms with Gasteiger partial charge in [0.2, 0.25) is 0 Å². The van der Waals surface area contributed by atoms with Gasteiger partial charge in [-0.3, -0.25) is 0 Å². The van der Waals surface area contributed by atoms with Gasteiger partial charge in [0.1, 0.15) is 6.04 Å². The van der Waals surface area contributed by atoms with E-state index in [0.29, 0.717) is 17.4 Å². The molecule has 0 N–H and O–H groups in total. The van der Waals surface area contributed by atoms with Crippen LogP contribution < -0.4 is 24.0 Å². The monoisotopic (exact) mass is 403 g/mol. The predicted molar refractivity (Wildman–Crippen MR) is 88.6 cm³/mol. The third kappa shape index (κ3) is 4.57. The van der Waals surface area contributed by atoms with Crippen molar-refractivity contribution in [2.24, 2.45) is 11.3 Å². The van der Waals surface area contributed by atoms with Gasteiger partial charge in [0, 0.05) is 5.92 Å². The van der Waals surface area contributed by atoms with Gasteiger partial charge in [-0.1, -0.05) is 31.6 Å². The third-order valence-corrected chi connectivity index (χ3v) is 5.99. The summed E-state index contributed by atoms with van der Waals surface area (Å²) in [6.45, 7) is 12.3. The lowest BCUT2D eigenvalue weighted by Crippen LogP contribution is -3.00. The number of halogens is 1. The Hall–Kier alpha value is 0.170. The Morgan fingerprint density at radius 3 is 2.43 bits per heavy atom. The smallest absolute Gasteiger partial charge is 0.105 e. The second-order valence-electron chi connectivity index (χ2n) is 8.07. The SMILES string of the molecule is CC1=CCCC(C)(C)C1/C=C/C(C)[N+]1(C)CCCCC1.[I-]. The van der Waals surface area contributed by atoms with E-state index in [1.54, 1.807) is 5.57 Å². The first-order chi connectivity index (χ1) is 9.35. The average Bonchev–Trinajstić information content (AvgIpc) is 2.38. The van der Waals surface area contributed by atoms with Gasteiger partial charge in [0.05, 0.1) is 20.1 Å². The summed E-state index contributed by atoms with van der Waals surface area (Å²) in [6, 6.07) is 0.654. The standard InChI is InChI=1S/C19H34N.HI/c1-16-10-9-13-19(3,4)18(16)12-11-17(2)20(5)14-7-6-8-15-20;/h10-12,17-18H,6-9,13-15H2,1-5H3;1H/q+1;/p-1/b12-11+;. The maximum atomic E-state index is 2.52. The van der Waals surface area contributed by atoms with E-state index in [4.69, 9.17) is 0 Å². The number of hydrogen-bond donors (Lipinski definition) is 0. The van der Waals surface area contributed by atoms with Crippen molar-refractivity contribution >= 4 is 0 Å². The van der Waals surface area contributed by atoms with Crippen molar-refractivity contribution in [1.82, 2.24) is 0 Å². The summed E-state index contributed by atoms with van der Waals surface area (Å²) >= 11 is 0. The van der Waals surface area contributed by atoms with Crippen LogP contribution in [-0.2, 0) is 0 Å². The molecule has 0 aromatic carbocycles. The van der Waals surface area contributed by atoms with Crippen LogP contribution in [0, 0.1) is 11.3 Å². The molecule has 0 aromatic rings. The van der Waals surface area contributed by atoms with Gasteiger partial charge in [-0.2, -0.15) is 0 Å². The van der Waals surface area contributed by atoms with Gasteiger partial charge in [-0.15, -0.1) is 0 Å². The van der Waals surface area contributed by atoms with E-state index in [1.165, 1.54) is 49.7 Å². The predicted octanol–water partition coefficient (Wildman–Crippen LogP) is 1.95. The molecule has 0 spiro atoms. The lowest BCUT2D eigenvalue weighted by atomic mass is 9.68. The van der Waals surface area contributed by atoms with Crippen molar-refractivity contribution in [3.63, 3.8) is 0 Å². The van der Waals surface area contributed by atoms with Crippen LogP contribution in [0.3, 0.4) is 0 Å². The Morgan fingerprint density at radius 2 is 1.86 bits per heavy atom. The largest absolute Gasteiger partial charge is 1.00 e. The lowest BCUT2D eigenvalue weighted by Gasteiger charge is -2.42. The molecule has 1 fully saturated rings. The number of quaternary nitrogens is 1. The van der Waals surface area contributed by atoms with Gasteiger partial charge < -0.3 is 28.5 Å². The van der Waals surface area contributed by atoms with Crippen LogP contribution in [0.25, 0.3) is 0 Å². The van der Waals surface area contributed by atoms with E-state index < -0.39 is 0 Å². The fraction of sp³-hybridized carbons (Fsp3) is 0.789. The van der Waals surface area contributed by atoms with Crippen molar-refractivity contribution in [3.8, 4) is 0 Å². The minimum absolute atomic E-state index is 0. The molecule has 2 heteroatoms. The second kappa shape index (κ2) is 7.63. The molecule has 21 heavy (non-hydrogen) atoms. The third-order valence-electron chi connectivity index (χ3n) is 5.99. The Morgan fingerprint density at radius 1 is 1.24 bits per heavy atom. The molecule has 1 aliphatic heterocycles. The van der Waals surface area contributed by atoms with Crippen molar-refractivity contribution in [2.75, 3.05) is 20.1 Å². The fourth-order valence-electron chi connectivity index (χ4n) is 4.10. The summed E-state index contributed by atoms with van der Waals surface area (Å²) in [6.07, 6.45) is 14.3. The minimum Gasteiger partial charge on any atom is -1.00 e. The summed E-state index contributed by atoms with van der Waals surface area (Å²) in [5, 5.41) is 0. The van der Waals surface area contributed by atoms with E-state index in [0.717, 1.165) is 0 Å². The molecule has 2 rings (SSSR count). The van der Waals surface area contributed by atoms with Crippen molar-refractivity contribution in [2.45, 2.75) is 65.8 Å². The quantitative estimate of drug-likeness (QED) is 0.384. The zero-order chi connectivity index (χ0) is 14.8. The molecule has 0 aromatic heterocycles. The zero-order valence-electron chi connectivity index (χ0n) is 14.7. The van der Waals surface area contributed by atoms with Crippen molar-refractivity contribution in [3.05, 3.63) is 23.8 Å². The molecular formula is C19H34IN. The highest BCUT2D eigenvalue weighted by Crippen LogP contribution is 2.41.